The molecule has 2 aliphatic rings. The molecule has 0 heterocycles. The predicted molar refractivity (Wildman–Crippen MR) is 55.1 cm³/mol. The molecule has 0 aromatic rings. The molecule has 2 aliphatic carbocycles. The predicted octanol–water partition coefficient (Wildman–Crippen LogP) is 3.45. The average Bonchev–Trinajstić information content (AvgIpc) is 2.60. The van der Waals surface area contributed by atoms with Gasteiger partial charge < -0.3 is 1.43 Å². The molecule has 0 spiro atoms. The molecule has 2 rings (SSSR count). The second-order valence-electron chi connectivity index (χ2n) is 2.77. The first-order valence-corrected chi connectivity index (χ1v) is 5.50. The van der Waals surface area contributed by atoms with Crippen LogP contribution in [0.4, 0.5) is 0 Å². The van der Waals surface area contributed by atoms with Gasteiger partial charge in [0.1, 0.15) is 0 Å². The van der Waals surface area contributed by atoms with E-state index in [1.807, 2.05) is 0 Å². The average molecular weight is 260 g/mol. The third-order valence-electron chi connectivity index (χ3n) is 1.86. The fraction of sp³-hybridized carbons (Fsp3) is 0.200. The summed E-state index contributed by atoms with van der Waals surface area (Å²) in [5, 5.41) is 0. The number of hydrogen-bond donors (Lipinski definition) is 0. The van der Waals surface area contributed by atoms with Crippen LogP contribution < -0.4 is 0 Å². The Morgan fingerprint density at radius 2 is 1.50 bits per heavy atom. The fourth-order valence-corrected chi connectivity index (χ4v) is 3.18. The van der Waals surface area contributed by atoms with Gasteiger partial charge in [0, 0.05) is 0 Å². The summed E-state index contributed by atoms with van der Waals surface area (Å²) < 4.78 is 3.36. The molecule has 0 bridgehead atoms. The largest absolute Gasteiger partial charge is 1.00 e. The first-order chi connectivity index (χ1) is 5.45. The molecule has 0 radical (unpaired) electrons. The maximum Gasteiger partial charge on any atom is -1.00 e. The monoisotopic (exact) mass is 259 g/mol. The maximum absolute atomic E-state index is 2.29. The standard InChI is InChI=1S/2C5H5.BrH.Ti.H/c2*1-2-4-5-3-1;;;/h2*1-3H,4H2;1H;;/q;;;;-1. The molecule has 0 aromatic carbocycles. The smallest absolute Gasteiger partial charge is 1.00 e. The molecule has 0 saturated carbocycles. The zero-order valence-corrected chi connectivity index (χ0v) is 10.1. The molecule has 0 fully saturated rings. The summed E-state index contributed by atoms with van der Waals surface area (Å²) in [5.74, 6) is 0. The van der Waals surface area contributed by atoms with Gasteiger partial charge in [0.25, 0.3) is 0 Å². The minimum atomic E-state index is 0. The van der Waals surface area contributed by atoms with E-state index in [0.29, 0.717) is 0 Å². The third kappa shape index (κ3) is 2.58. The summed E-state index contributed by atoms with van der Waals surface area (Å²) in [4.78, 5) is 0. The van der Waals surface area contributed by atoms with Gasteiger partial charge in [0.15, 0.2) is 0 Å². The molecule has 2 heteroatoms. The van der Waals surface area contributed by atoms with Crippen LogP contribution in [0.1, 0.15) is 14.3 Å². The topological polar surface area (TPSA) is 0 Å². The zero-order chi connectivity index (χ0) is 7.52. The van der Waals surface area contributed by atoms with E-state index in [1.54, 1.807) is 7.76 Å². The number of hydrogen-bond acceptors (Lipinski definition) is 0. The molecular weight excluding hydrogens is 248 g/mol. The molecule has 0 nitrogen and oxygen atoms in total. The number of allylic oxidation sites excluding steroid dienone is 8. The fourth-order valence-electron chi connectivity index (χ4n) is 1.29. The van der Waals surface area contributed by atoms with Crippen LogP contribution in [-0.4, -0.2) is 0 Å². The SMILES string of the molecule is Br.C1=CC[C]([Ti][C]2=CC=CC2)=C1.[H-]. The normalized spacial score (nSPS) is 18.7. The van der Waals surface area contributed by atoms with Crippen molar-refractivity contribution >= 4 is 17.0 Å². The second kappa shape index (κ2) is 5.01. The van der Waals surface area contributed by atoms with Crippen LogP contribution >= 0.6 is 17.0 Å². The molecule has 0 saturated heterocycles. The summed E-state index contributed by atoms with van der Waals surface area (Å²) in [6, 6.07) is 0. The van der Waals surface area contributed by atoms with Crippen molar-refractivity contribution in [3.8, 4) is 0 Å². The molecule has 0 atom stereocenters. The summed E-state index contributed by atoms with van der Waals surface area (Å²) >= 11 is 0.0833. The molecule has 64 valence electrons. The molecule has 0 aliphatic heterocycles. The minimum absolute atomic E-state index is 0. The van der Waals surface area contributed by atoms with Crippen LogP contribution in [0.2, 0.25) is 0 Å². The first-order valence-electron chi connectivity index (χ1n) is 3.93. The molecule has 0 aromatic heterocycles. The van der Waals surface area contributed by atoms with E-state index in [9.17, 15) is 0 Å². The van der Waals surface area contributed by atoms with Gasteiger partial charge in [-0.05, 0) is 0 Å². The van der Waals surface area contributed by atoms with Crippen LogP contribution in [0.3, 0.4) is 0 Å². The second-order valence-corrected chi connectivity index (χ2v) is 5.17. The van der Waals surface area contributed by atoms with Gasteiger partial charge in [-0.3, -0.25) is 0 Å². The molecule has 0 N–H and O–H groups in total. The van der Waals surface area contributed by atoms with E-state index < -0.39 is 0 Å². The summed E-state index contributed by atoms with van der Waals surface area (Å²) in [5.41, 5.74) is 0. The maximum atomic E-state index is 2.29. The van der Waals surface area contributed by atoms with Crippen molar-refractivity contribution in [2.75, 3.05) is 0 Å². The van der Waals surface area contributed by atoms with Gasteiger partial charge in [-0.2, -0.15) is 0 Å². The van der Waals surface area contributed by atoms with Crippen molar-refractivity contribution < 1.29 is 20.6 Å². The number of halogens is 1. The Hall–Kier alpha value is 0.154. The van der Waals surface area contributed by atoms with E-state index in [2.05, 4.69) is 36.5 Å². The Morgan fingerprint density at radius 3 is 1.83 bits per heavy atom. The first kappa shape index (κ1) is 10.2. The van der Waals surface area contributed by atoms with Crippen LogP contribution in [0, 0.1) is 0 Å². The van der Waals surface area contributed by atoms with Gasteiger partial charge in [-0.15, -0.1) is 17.0 Å². The molecular formula is C10H12BrTi-. The van der Waals surface area contributed by atoms with Gasteiger partial charge in [0.05, 0.1) is 0 Å². The van der Waals surface area contributed by atoms with E-state index >= 15 is 0 Å². The third-order valence-corrected chi connectivity index (χ3v) is 4.02. The Labute approximate surface area is 94.3 Å². The van der Waals surface area contributed by atoms with Crippen molar-refractivity contribution in [1.29, 1.82) is 0 Å². The van der Waals surface area contributed by atoms with Gasteiger partial charge >= 0.3 is 76.2 Å². The van der Waals surface area contributed by atoms with Gasteiger partial charge in [-0.1, -0.05) is 0 Å². The van der Waals surface area contributed by atoms with Crippen molar-refractivity contribution in [3.63, 3.8) is 0 Å². The van der Waals surface area contributed by atoms with Crippen LogP contribution in [0.5, 0.6) is 0 Å². The van der Waals surface area contributed by atoms with Crippen LogP contribution in [0.15, 0.2) is 44.2 Å². The Bertz CT molecular complexity index is 249. The summed E-state index contributed by atoms with van der Waals surface area (Å²) in [7, 11) is 0. The van der Waals surface area contributed by atoms with Crippen molar-refractivity contribution in [1.82, 2.24) is 0 Å². The van der Waals surface area contributed by atoms with E-state index in [0.717, 1.165) is 0 Å². The minimum Gasteiger partial charge on any atom is -1.00 e. The van der Waals surface area contributed by atoms with Gasteiger partial charge in [0.2, 0.25) is 0 Å². The van der Waals surface area contributed by atoms with Crippen LogP contribution in [-0.2, 0) is 19.2 Å². The Balaban J connectivity index is 0.000000720. The molecule has 12 heavy (non-hydrogen) atoms. The van der Waals surface area contributed by atoms with Crippen molar-refractivity contribution in [2.24, 2.45) is 0 Å². The molecule has 0 amide bonds. The Morgan fingerprint density at radius 1 is 1.00 bits per heavy atom. The van der Waals surface area contributed by atoms with E-state index in [1.165, 1.54) is 12.8 Å². The summed E-state index contributed by atoms with van der Waals surface area (Å²) in [6.45, 7) is 0. The summed E-state index contributed by atoms with van der Waals surface area (Å²) in [6.07, 6.45) is 15.9. The van der Waals surface area contributed by atoms with Crippen LogP contribution in [0.25, 0.3) is 0 Å². The van der Waals surface area contributed by atoms with Crippen molar-refractivity contribution in [2.45, 2.75) is 12.8 Å². The van der Waals surface area contributed by atoms with Crippen molar-refractivity contribution in [3.05, 3.63) is 44.2 Å². The van der Waals surface area contributed by atoms with Gasteiger partial charge in [-0.25, -0.2) is 0 Å². The van der Waals surface area contributed by atoms with E-state index in [4.69, 9.17) is 0 Å². The zero-order valence-electron chi connectivity index (χ0n) is 7.79. The Kier molecular flexibility index (Phi) is 4.27. The van der Waals surface area contributed by atoms with E-state index in [-0.39, 0.29) is 37.6 Å². The number of rotatable bonds is 2. The molecule has 0 unspecified atom stereocenters. The quantitative estimate of drug-likeness (QED) is 0.667.